The molecule has 0 spiro atoms. The van der Waals surface area contributed by atoms with Crippen LogP contribution < -0.4 is 5.32 Å². The number of amides is 1. The van der Waals surface area contributed by atoms with E-state index in [1.54, 1.807) is 0 Å². The van der Waals surface area contributed by atoms with Crippen molar-refractivity contribution < 1.29 is 4.79 Å². The zero-order valence-corrected chi connectivity index (χ0v) is 12.0. The van der Waals surface area contributed by atoms with Gasteiger partial charge in [0.1, 0.15) is 0 Å². The highest BCUT2D eigenvalue weighted by atomic mass is 16.2. The summed E-state index contributed by atoms with van der Waals surface area (Å²) in [5.41, 5.74) is 0. The molecule has 2 aliphatic heterocycles. The Balaban J connectivity index is 1.90. The topological polar surface area (TPSA) is 35.6 Å². The Kier molecular flexibility index (Phi) is 4.62. The predicted octanol–water partition coefficient (Wildman–Crippen LogP) is 1.27. The summed E-state index contributed by atoms with van der Waals surface area (Å²) >= 11 is 0. The van der Waals surface area contributed by atoms with E-state index in [0.29, 0.717) is 11.8 Å². The van der Waals surface area contributed by atoms with Crippen LogP contribution in [0.3, 0.4) is 0 Å². The Morgan fingerprint density at radius 2 is 2.22 bits per heavy atom. The summed E-state index contributed by atoms with van der Waals surface area (Å²) in [5.74, 6) is 0.968. The summed E-state index contributed by atoms with van der Waals surface area (Å²) in [6.45, 7) is 7.52. The number of hydrogen-bond acceptors (Lipinski definition) is 3. The van der Waals surface area contributed by atoms with Crippen LogP contribution in [-0.4, -0.2) is 54.6 Å². The second kappa shape index (κ2) is 6.02. The average Bonchev–Trinajstić information content (AvgIpc) is 2.58. The van der Waals surface area contributed by atoms with Gasteiger partial charge in [0.05, 0.1) is 12.2 Å². The minimum atomic E-state index is 0.0614. The first-order valence-electron chi connectivity index (χ1n) is 7.37. The van der Waals surface area contributed by atoms with E-state index in [0.717, 1.165) is 25.9 Å². The van der Waals surface area contributed by atoms with Gasteiger partial charge in [0.2, 0.25) is 5.91 Å². The van der Waals surface area contributed by atoms with Gasteiger partial charge in [0.25, 0.3) is 0 Å². The van der Waals surface area contributed by atoms with Crippen LogP contribution in [0.15, 0.2) is 0 Å². The summed E-state index contributed by atoms with van der Waals surface area (Å²) in [6.07, 6.45) is 4.77. The standard InChI is InChI=1S/C14H27N3O/c1-4-6-13-14(18)17(11(2)15-13)10-12-7-5-8-16(3)9-12/h11-13,15H,4-10H2,1-3H3. The van der Waals surface area contributed by atoms with E-state index in [1.165, 1.54) is 19.4 Å². The van der Waals surface area contributed by atoms with Crippen LogP contribution in [-0.2, 0) is 4.79 Å². The fraction of sp³-hybridized carbons (Fsp3) is 0.929. The van der Waals surface area contributed by atoms with Crippen LogP contribution in [0.1, 0.15) is 39.5 Å². The minimum Gasteiger partial charge on any atom is -0.326 e. The summed E-state index contributed by atoms with van der Waals surface area (Å²) in [7, 11) is 2.18. The quantitative estimate of drug-likeness (QED) is 0.819. The highest BCUT2D eigenvalue weighted by molar-refractivity contribution is 5.84. The van der Waals surface area contributed by atoms with Crippen molar-refractivity contribution >= 4 is 5.91 Å². The SMILES string of the molecule is CCCC1NC(C)N(CC2CCCN(C)C2)C1=O. The van der Waals surface area contributed by atoms with Gasteiger partial charge in [-0.1, -0.05) is 13.3 Å². The van der Waals surface area contributed by atoms with Crippen LogP contribution in [0, 0.1) is 5.92 Å². The second-order valence-corrected chi connectivity index (χ2v) is 5.94. The lowest BCUT2D eigenvalue weighted by Crippen LogP contribution is -2.43. The molecule has 0 aromatic rings. The first kappa shape index (κ1) is 13.8. The van der Waals surface area contributed by atoms with Gasteiger partial charge in [0, 0.05) is 13.1 Å². The third-order valence-electron chi connectivity index (χ3n) is 4.25. The van der Waals surface area contributed by atoms with Gasteiger partial charge in [-0.05, 0) is 45.7 Å². The summed E-state index contributed by atoms with van der Waals surface area (Å²) in [5, 5.41) is 3.42. The van der Waals surface area contributed by atoms with Crippen molar-refractivity contribution in [2.75, 3.05) is 26.7 Å². The fourth-order valence-electron chi connectivity index (χ4n) is 3.29. The Morgan fingerprint density at radius 3 is 2.89 bits per heavy atom. The molecule has 104 valence electrons. The maximum atomic E-state index is 12.3. The van der Waals surface area contributed by atoms with E-state index in [9.17, 15) is 4.79 Å². The van der Waals surface area contributed by atoms with E-state index in [1.807, 2.05) is 0 Å². The van der Waals surface area contributed by atoms with E-state index < -0.39 is 0 Å². The van der Waals surface area contributed by atoms with Gasteiger partial charge < -0.3 is 9.80 Å². The van der Waals surface area contributed by atoms with Crippen molar-refractivity contribution in [1.82, 2.24) is 15.1 Å². The molecule has 3 atom stereocenters. The van der Waals surface area contributed by atoms with Crippen LogP contribution in [0.2, 0.25) is 0 Å². The third kappa shape index (κ3) is 3.04. The number of nitrogens with one attached hydrogen (secondary N) is 1. The lowest BCUT2D eigenvalue weighted by molar-refractivity contribution is -0.130. The van der Waals surface area contributed by atoms with Crippen LogP contribution in [0.25, 0.3) is 0 Å². The molecule has 0 saturated carbocycles. The molecule has 3 unspecified atom stereocenters. The second-order valence-electron chi connectivity index (χ2n) is 5.94. The Hall–Kier alpha value is -0.610. The van der Waals surface area contributed by atoms with Gasteiger partial charge in [-0.15, -0.1) is 0 Å². The normalized spacial score (nSPS) is 34.3. The molecule has 0 aliphatic carbocycles. The summed E-state index contributed by atoms with van der Waals surface area (Å²) in [4.78, 5) is 16.8. The Labute approximate surface area is 111 Å². The highest BCUT2D eigenvalue weighted by Gasteiger charge is 2.36. The van der Waals surface area contributed by atoms with Crippen molar-refractivity contribution in [3.8, 4) is 0 Å². The number of nitrogens with zero attached hydrogens (tertiary/aromatic N) is 2. The fourth-order valence-corrected chi connectivity index (χ4v) is 3.29. The van der Waals surface area contributed by atoms with E-state index >= 15 is 0 Å². The minimum absolute atomic E-state index is 0.0614. The zero-order valence-electron chi connectivity index (χ0n) is 12.0. The number of rotatable bonds is 4. The predicted molar refractivity (Wildman–Crippen MR) is 73.2 cm³/mol. The molecule has 0 aromatic heterocycles. The van der Waals surface area contributed by atoms with Crippen LogP contribution in [0.5, 0.6) is 0 Å². The molecule has 0 aromatic carbocycles. The molecule has 1 amide bonds. The van der Waals surface area contributed by atoms with Crippen LogP contribution >= 0.6 is 0 Å². The molecule has 2 aliphatic rings. The average molecular weight is 253 g/mol. The zero-order chi connectivity index (χ0) is 13.1. The Bertz CT molecular complexity index is 295. The maximum absolute atomic E-state index is 12.3. The lowest BCUT2D eigenvalue weighted by Gasteiger charge is -2.33. The molecule has 4 heteroatoms. The third-order valence-corrected chi connectivity index (χ3v) is 4.25. The summed E-state index contributed by atoms with van der Waals surface area (Å²) in [6, 6.07) is 0.0614. The maximum Gasteiger partial charge on any atom is 0.241 e. The molecule has 18 heavy (non-hydrogen) atoms. The van der Waals surface area contributed by atoms with Crippen molar-refractivity contribution in [3.63, 3.8) is 0 Å². The number of carbonyl (C=O) groups is 1. The monoisotopic (exact) mass is 253 g/mol. The Morgan fingerprint density at radius 1 is 1.44 bits per heavy atom. The number of hydrogen-bond donors (Lipinski definition) is 1. The first-order valence-corrected chi connectivity index (χ1v) is 7.37. The molecular formula is C14H27N3O. The van der Waals surface area contributed by atoms with Crippen molar-refractivity contribution in [2.45, 2.75) is 51.7 Å². The van der Waals surface area contributed by atoms with Crippen molar-refractivity contribution in [3.05, 3.63) is 0 Å². The molecule has 0 bridgehead atoms. The molecule has 0 radical (unpaired) electrons. The molecule has 1 N–H and O–H groups in total. The van der Waals surface area contributed by atoms with E-state index in [4.69, 9.17) is 0 Å². The largest absolute Gasteiger partial charge is 0.326 e. The first-order chi connectivity index (χ1) is 8.61. The number of piperidine rings is 1. The van der Waals surface area contributed by atoms with Crippen molar-refractivity contribution in [2.24, 2.45) is 5.92 Å². The van der Waals surface area contributed by atoms with Gasteiger partial charge in [-0.2, -0.15) is 0 Å². The van der Waals surface area contributed by atoms with Gasteiger partial charge in [-0.25, -0.2) is 0 Å². The molecule has 2 saturated heterocycles. The van der Waals surface area contributed by atoms with E-state index in [2.05, 4.69) is 36.0 Å². The van der Waals surface area contributed by atoms with Gasteiger partial charge >= 0.3 is 0 Å². The van der Waals surface area contributed by atoms with Gasteiger partial charge in [-0.3, -0.25) is 10.1 Å². The molecule has 2 heterocycles. The molecule has 2 rings (SSSR count). The lowest BCUT2D eigenvalue weighted by atomic mass is 9.97. The number of carbonyl (C=O) groups excluding carboxylic acids is 1. The molecule has 4 nitrogen and oxygen atoms in total. The molecular weight excluding hydrogens is 226 g/mol. The highest BCUT2D eigenvalue weighted by Crippen LogP contribution is 2.21. The smallest absolute Gasteiger partial charge is 0.241 e. The van der Waals surface area contributed by atoms with Crippen LogP contribution in [0.4, 0.5) is 0 Å². The van der Waals surface area contributed by atoms with Gasteiger partial charge in [0.15, 0.2) is 0 Å². The van der Waals surface area contributed by atoms with Crippen molar-refractivity contribution in [1.29, 1.82) is 0 Å². The molecule has 2 fully saturated rings. The summed E-state index contributed by atoms with van der Waals surface area (Å²) < 4.78 is 0. The van der Waals surface area contributed by atoms with E-state index in [-0.39, 0.29) is 12.2 Å². The number of likely N-dealkylation sites (tertiary alicyclic amines) is 1.